The van der Waals surface area contributed by atoms with Gasteiger partial charge in [-0.05, 0) is 58.2 Å². The number of ether oxygens (including phenoxy) is 3. The van der Waals surface area contributed by atoms with E-state index < -0.39 is 6.09 Å². The lowest BCUT2D eigenvalue weighted by Gasteiger charge is -2.37. The maximum absolute atomic E-state index is 14.0. The largest absolute Gasteiger partial charge is 0.488 e. The maximum atomic E-state index is 14.0. The van der Waals surface area contributed by atoms with Gasteiger partial charge in [-0.3, -0.25) is 4.79 Å². The van der Waals surface area contributed by atoms with Crippen molar-refractivity contribution in [3.63, 3.8) is 0 Å². The third-order valence-electron chi connectivity index (χ3n) is 6.47. The van der Waals surface area contributed by atoms with Gasteiger partial charge in [-0.25, -0.2) is 4.79 Å². The molecule has 0 unspecified atom stereocenters. The molecule has 37 heavy (non-hydrogen) atoms. The maximum Gasteiger partial charge on any atom is 0.409 e. The molecule has 2 amide bonds. The summed E-state index contributed by atoms with van der Waals surface area (Å²) in [5.74, 6) is 0.724. The smallest absolute Gasteiger partial charge is 0.409 e. The summed E-state index contributed by atoms with van der Waals surface area (Å²) in [6, 6.07) is 8.09. The number of aromatic nitrogens is 1. The van der Waals surface area contributed by atoms with E-state index in [1.54, 1.807) is 21.2 Å². The fraction of sp³-hybridized carbons (Fsp3) is 0.630. The molecule has 1 atom stereocenters. The summed E-state index contributed by atoms with van der Waals surface area (Å²) < 4.78 is 18.6. The number of benzene rings is 1. The van der Waals surface area contributed by atoms with Crippen molar-refractivity contribution < 1.29 is 23.8 Å². The van der Waals surface area contributed by atoms with Gasteiger partial charge in [-0.1, -0.05) is 12.1 Å². The van der Waals surface area contributed by atoms with E-state index in [0.29, 0.717) is 24.6 Å². The molecule has 2 aromatic rings. The lowest BCUT2D eigenvalue weighted by molar-refractivity contribution is 0.0562. The Morgan fingerprint density at radius 1 is 1.16 bits per heavy atom. The molecule has 1 aromatic carbocycles. The molecule has 0 aliphatic carbocycles. The Morgan fingerprint density at radius 3 is 2.59 bits per heavy atom. The normalized spacial score (nSPS) is 15.4. The van der Waals surface area contributed by atoms with E-state index >= 15 is 0 Å². The number of carbonyl (C=O) groups is 2. The topological polar surface area (TPSA) is 85.3 Å². The number of fused-ring (bicyclic) bond motifs is 1. The first-order valence-electron chi connectivity index (χ1n) is 13.0. The highest BCUT2D eigenvalue weighted by atomic mass is 35.5. The third-order valence-corrected chi connectivity index (χ3v) is 6.47. The van der Waals surface area contributed by atoms with Crippen LogP contribution in [0.3, 0.4) is 0 Å². The fourth-order valence-corrected chi connectivity index (χ4v) is 4.77. The molecular formula is C27H43ClN4O5. The highest BCUT2D eigenvalue weighted by molar-refractivity contribution is 6.00. The van der Waals surface area contributed by atoms with Gasteiger partial charge in [0.1, 0.15) is 24.7 Å². The van der Waals surface area contributed by atoms with E-state index in [2.05, 4.69) is 23.7 Å². The molecule has 1 N–H and O–H groups in total. The Balaban J connectivity index is 0.00000481. The molecule has 10 heteroatoms. The van der Waals surface area contributed by atoms with Crippen molar-refractivity contribution in [3.8, 4) is 5.75 Å². The van der Waals surface area contributed by atoms with Crippen LogP contribution >= 0.6 is 12.4 Å². The average molecular weight is 539 g/mol. The van der Waals surface area contributed by atoms with Crippen molar-refractivity contribution >= 4 is 35.3 Å². The Bertz CT molecular complexity index is 1000. The minimum absolute atomic E-state index is 0. The van der Waals surface area contributed by atoms with Crippen LogP contribution in [0.2, 0.25) is 0 Å². The Hall–Kier alpha value is -2.49. The number of para-hydroxylation sites is 1. The van der Waals surface area contributed by atoms with E-state index in [1.807, 2.05) is 29.2 Å². The highest BCUT2D eigenvalue weighted by Crippen LogP contribution is 2.31. The second-order valence-electron chi connectivity index (χ2n) is 9.74. The fourth-order valence-electron chi connectivity index (χ4n) is 4.77. The number of unbranched alkanes of at least 4 members (excludes halogenated alkanes) is 1. The van der Waals surface area contributed by atoms with Crippen LogP contribution in [0.4, 0.5) is 4.79 Å². The van der Waals surface area contributed by atoms with Gasteiger partial charge in [0.2, 0.25) is 0 Å². The number of piperidine rings is 1. The molecule has 1 saturated heterocycles. The van der Waals surface area contributed by atoms with E-state index in [-0.39, 0.29) is 43.6 Å². The molecule has 1 fully saturated rings. The van der Waals surface area contributed by atoms with Gasteiger partial charge in [-0.2, -0.15) is 0 Å². The Kier molecular flexibility index (Phi) is 12.5. The van der Waals surface area contributed by atoms with Gasteiger partial charge >= 0.3 is 6.09 Å². The summed E-state index contributed by atoms with van der Waals surface area (Å²) in [7, 11) is 4.99. The summed E-state index contributed by atoms with van der Waals surface area (Å²) in [5, 5.41) is 4.40. The number of nitrogens with zero attached hydrogens (tertiary/aromatic N) is 3. The van der Waals surface area contributed by atoms with Crippen molar-refractivity contribution in [2.24, 2.45) is 0 Å². The summed E-state index contributed by atoms with van der Waals surface area (Å²) in [6.07, 6.45) is 3.44. The molecule has 0 bridgehead atoms. The van der Waals surface area contributed by atoms with Crippen molar-refractivity contribution in [2.45, 2.75) is 58.2 Å². The summed E-state index contributed by atoms with van der Waals surface area (Å²) in [5.41, 5.74) is 1.57. The number of rotatable bonds is 12. The lowest BCUT2D eigenvalue weighted by atomic mass is 10.0. The molecule has 3 rings (SSSR count). The van der Waals surface area contributed by atoms with E-state index in [9.17, 15) is 9.59 Å². The highest BCUT2D eigenvalue weighted by Gasteiger charge is 2.31. The number of nitrogens with one attached hydrogen (secondary N) is 1. The predicted octanol–water partition coefficient (Wildman–Crippen LogP) is 4.17. The summed E-state index contributed by atoms with van der Waals surface area (Å²) in [4.78, 5) is 29.1. The zero-order chi connectivity index (χ0) is 26.1. The molecule has 1 aliphatic rings. The second kappa shape index (κ2) is 15.1. The molecule has 0 saturated carbocycles. The van der Waals surface area contributed by atoms with Crippen LogP contribution in [0, 0.1) is 0 Å². The quantitative estimate of drug-likeness (QED) is 0.408. The van der Waals surface area contributed by atoms with Crippen molar-refractivity contribution in [1.29, 1.82) is 0 Å². The molecule has 208 valence electrons. The number of carbonyl (C=O) groups excluding carboxylic acids is 2. The molecular weight excluding hydrogens is 496 g/mol. The van der Waals surface area contributed by atoms with Gasteiger partial charge in [-0.15, -0.1) is 12.4 Å². The Morgan fingerprint density at radius 2 is 1.95 bits per heavy atom. The van der Waals surface area contributed by atoms with Crippen molar-refractivity contribution in [3.05, 3.63) is 30.0 Å². The molecule has 1 aromatic heterocycles. The molecule has 1 aliphatic heterocycles. The van der Waals surface area contributed by atoms with Crippen LogP contribution in [0.5, 0.6) is 5.75 Å². The zero-order valence-electron chi connectivity index (χ0n) is 22.8. The third kappa shape index (κ3) is 7.99. The Labute approximate surface area is 226 Å². The van der Waals surface area contributed by atoms with Gasteiger partial charge in [0.25, 0.3) is 5.91 Å². The van der Waals surface area contributed by atoms with E-state index in [4.69, 9.17) is 14.2 Å². The lowest BCUT2D eigenvalue weighted by Crippen LogP contribution is -2.52. The number of methoxy groups -OCH3 is 1. The van der Waals surface area contributed by atoms with Crippen LogP contribution in [-0.4, -0.2) is 92.6 Å². The van der Waals surface area contributed by atoms with E-state index in [0.717, 1.165) is 49.7 Å². The van der Waals surface area contributed by atoms with Crippen LogP contribution in [-0.2, 0) is 16.0 Å². The van der Waals surface area contributed by atoms with Gasteiger partial charge in [0.15, 0.2) is 0 Å². The van der Waals surface area contributed by atoms with Crippen molar-refractivity contribution in [2.75, 3.05) is 54.1 Å². The second-order valence-corrected chi connectivity index (χ2v) is 9.74. The standard InChI is InChI=1S/C27H42N4O5.ClH/c1-20(2)31(22-11-9-13-28-19-22)26(32)23-18-21-10-8-12-24(35-16-17-36-27(33)29(3)4)25(21)30(23)14-6-7-15-34-5;/h8,10,12,18,20,22,28H,6-7,9,11,13-17,19H2,1-5H3;1H/t22-;/m1./s1. The number of hydrogen-bond acceptors (Lipinski definition) is 6. The summed E-state index contributed by atoms with van der Waals surface area (Å²) >= 11 is 0. The first kappa shape index (κ1) is 30.7. The molecule has 0 spiro atoms. The number of amides is 2. The van der Waals surface area contributed by atoms with Gasteiger partial charge in [0, 0.05) is 58.4 Å². The van der Waals surface area contributed by atoms with Crippen LogP contribution < -0.4 is 10.1 Å². The van der Waals surface area contributed by atoms with Crippen molar-refractivity contribution in [1.82, 2.24) is 19.7 Å². The van der Waals surface area contributed by atoms with Crippen LogP contribution in [0.15, 0.2) is 24.3 Å². The first-order valence-corrected chi connectivity index (χ1v) is 13.0. The summed E-state index contributed by atoms with van der Waals surface area (Å²) in [6.45, 7) is 7.71. The minimum atomic E-state index is -0.405. The predicted molar refractivity (Wildman–Crippen MR) is 148 cm³/mol. The molecule has 2 heterocycles. The monoisotopic (exact) mass is 538 g/mol. The number of aryl methyl sites for hydroxylation is 1. The molecule has 9 nitrogen and oxygen atoms in total. The van der Waals surface area contributed by atoms with E-state index in [1.165, 1.54) is 4.90 Å². The first-order chi connectivity index (χ1) is 17.3. The van der Waals surface area contributed by atoms with Gasteiger partial charge in [0.05, 0.1) is 5.52 Å². The van der Waals surface area contributed by atoms with Gasteiger partial charge < -0.3 is 33.9 Å². The molecule has 0 radical (unpaired) electrons. The van der Waals surface area contributed by atoms with Crippen LogP contribution in [0.1, 0.15) is 50.0 Å². The number of halogens is 1. The SMILES string of the molecule is COCCCCn1c(C(=O)N(C(C)C)[C@@H]2CCCNC2)cc2cccc(OCCOC(=O)N(C)C)c21.Cl. The zero-order valence-corrected chi connectivity index (χ0v) is 23.6. The minimum Gasteiger partial charge on any atom is -0.488 e. The van der Waals surface area contributed by atoms with Crippen LogP contribution in [0.25, 0.3) is 10.9 Å². The average Bonchev–Trinajstić information content (AvgIpc) is 3.24. The number of hydrogen-bond donors (Lipinski definition) is 1.